The SMILES string of the molecule is CC(C)CCC(N)C(C)(C)N1CCCCCC1. The lowest BCUT2D eigenvalue weighted by Crippen LogP contribution is -2.56. The molecule has 1 aliphatic heterocycles. The van der Waals surface area contributed by atoms with Crippen molar-refractivity contribution in [3.8, 4) is 0 Å². The Bertz CT molecular complexity index is 203. The number of rotatable bonds is 5. The van der Waals surface area contributed by atoms with Crippen LogP contribution in [0.3, 0.4) is 0 Å². The summed E-state index contributed by atoms with van der Waals surface area (Å²) in [4.78, 5) is 2.63. The van der Waals surface area contributed by atoms with Crippen LogP contribution in [0.25, 0.3) is 0 Å². The Hall–Kier alpha value is -0.0800. The summed E-state index contributed by atoms with van der Waals surface area (Å²) < 4.78 is 0. The van der Waals surface area contributed by atoms with E-state index in [4.69, 9.17) is 5.73 Å². The summed E-state index contributed by atoms with van der Waals surface area (Å²) in [6, 6.07) is 0.308. The molecule has 2 nitrogen and oxygen atoms in total. The summed E-state index contributed by atoms with van der Waals surface area (Å²) in [6.07, 6.45) is 7.89. The summed E-state index contributed by atoms with van der Waals surface area (Å²) in [5, 5.41) is 0. The molecule has 1 heterocycles. The van der Waals surface area contributed by atoms with E-state index >= 15 is 0 Å². The zero-order valence-corrected chi connectivity index (χ0v) is 12.3. The highest BCUT2D eigenvalue weighted by Gasteiger charge is 2.32. The minimum absolute atomic E-state index is 0.166. The van der Waals surface area contributed by atoms with Gasteiger partial charge in [0.15, 0.2) is 0 Å². The molecule has 0 bridgehead atoms. The van der Waals surface area contributed by atoms with Gasteiger partial charge in [-0.3, -0.25) is 4.90 Å². The molecule has 0 aromatic rings. The third-order valence-electron chi connectivity index (χ3n) is 4.38. The topological polar surface area (TPSA) is 29.3 Å². The zero-order valence-electron chi connectivity index (χ0n) is 12.3. The predicted molar refractivity (Wildman–Crippen MR) is 76.2 cm³/mol. The highest BCUT2D eigenvalue weighted by atomic mass is 15.2. The predicted octanol–water partition coefficient (Wildman–Crippen LogP) is 3.40. The number of likely N-dealkylation sites (tertiary alicyclic amines) is 1. The summed E-state index contributed by atoms with van der Waals surface area (Å²) in [7, 11) is 0. The van der Waals surface area contributed by atoms with Crippen molar-refractivity contribution in [2.75, 3.05) is 13.1 Å². The normalized spacial score (nSPS) is 21.5. The monoisotopic (exact) mass is 240 g/mol. The quantitative estimate of drug-likeness (QED) is 0.798. The second-order valence-electron chi connectivity index (χ2n) is 6.63. The van der Waals surface area contributed by atoms with Gasteiger partial charge in [0, 0.05) is 11.6 Å². The van der Waals surface area contributed by atoms with Crippen molar-refractivity contribution in [3.63, 3.8) is 0 Å². The minimum Gasteiger partial charge on any atom is -0.326 e. The maximum absolute atomic E-state index is 6.44. The van der Waals surface area contributed by atoms with Gasteiger partial charge in [0.05, 0.1) is 0 Å². The van der Waals surface area contributed by atoms with Gasteiger partial charge in [0.2, 0.25) is 0 Å². The van der Waals surface area contributed by atoms with Gasteiger partial charge < -0.3 is 5.73 Å². The van der Waals surface area contributed by atoms with Crippen LogP contribution in [-0.2, 0) is 0 Å². The van der Waals surface area contributed by atoms with Crippen molar-refractivity contribution in [2.45, 2.75) is 77.8 Å². The molecule has 0 aromatic carbocycles. The second kappa shape index (κ2) is 6.75. The first-order valence-electron chi connectivity index (χ1n) is 7.45. The van der Waals surface area contributed by atoms with Gasteiger partial charge in [-0.25, -0.2) is 0 Å². The molecule has 1 rings (SSSR count). The van der Waals surface area contributed by atoms with E-state index in [0.717, 1.165) is 12.3 Å². The van der Waals surface area contributed by atoms with E-state index in [9.17, 15) is 0 Å². The van der Waals surface area contributed by atoms with E-state index in [1.54, 1.807) is 0 Å². The molecule has 0 spiro atoms. The third kappa shape index (κ3) is 4.59. The van der Waals surface area contributed by atoms with Gasteiger partial charge in [0.1, 0.15) is 0 Å². The van der Waals surface area contributed by atoms with E-state index in [1.165, 1.54) is 45.2 Å². The highest BCUT2D eigenvalue weighted by Crippen LogP contribution is 2.25. The van der Waals surface area contributed by atoms with E-state index in [2.05, 4.69) is 32.6 Å². The lowest BCUT2D eigenvalue weighted by molar-refractivity contribution is 0.0928. The van der Waals surface area contributed by atoms with Crippen LogP contribution in [-0.4, -0.2) is 29.6 Å². The molecule has 2 N–H and O–H groups in total. The molecule has 1 atom stereocenters. The Morgan fingerprint density at radius 3 is 2.00 bits per heavy atom. The van der Waals surface area contributed by atoms with Crippen LogP contribution in [0.1, 0.15) is 66.2 Å². The van der Waals surface area contributed by atoms with E-state index < -0.39 is 0 Å². The first-order chi connectivity index (χ1) is 7.94. The van der Waals surface area contributed by atoms with Crippen molar-refractivity contribution in [1.29, 1.82) is 0 Å². The molecule has 1 aliphatic rings. The highest BCUT2D eigenvalue weighted by molar-refractivity contribution is 4.92. The fourth-order valence-electron chi connectivity index (χ4n) is 2.75. The molecule has 0 radical (unpaired) electrons. The second-order valence-corrected chi connectivity index (χ2v) is 6.63. The summed E-state index contributed by atoms with van der Waals surface area (Å²) >= 11 is 0. The van der Waals surface area contributed by atoms with E-state index in [1.807, 2.05) is 0 Å². The number of nitrogens with zero attached hydrogens (tertiary/aromatic N) is 1. The van der Waals surface area contributed by atoms with Gasteiger partial charge in [-0.15, -0.1) is 0 Å². The summed E-state index contributed by atoms with van der Waals surface area (Å²) in [5.41, 5.74) is 6.61. The summed E-state index contributed by atoms with van der Waals surface area (Å²) in [5.74, 6) is 0.765. The molecule has 0 aliphatic carbocycles. The molecule has 17 heavy (non-hydrogen) atoms. The van der Waals surface area contributed by atoms with Crippen molar-refractivity contribution >= 4 is 0 Å². The van der Waals surface area contributed by atoms with Crippen LogP contribution in [0.5, 0.6) is 0 Å². The molecule has 0 saturated carbocycles. The Labute approximate surface area is 108 Å². The average molecular weight is 240 g/mol. The van der Waals surface area contributed by atoms with E-state index in [0.29, 0.717) is 6.04 Å². The fraction of sp³-hybridized carbons (Fsp3) is 1.00. The van der Waals surface area contributed by atoms with Crippen LogP contribution in [0.15, 0.2) is 0 Å². The van der Waals surface area contributed by atoms with Gasteiger partial charge in [0.25, 0.3) is 0 Å². The Morgan fingerprint density at radius 1 is 1.00 bits per heavy atom. The minimum atomic E-state index is 0.166. The molecular weight excluding hydrogens is 208 g/mol. The molecule has 0 amide bonds. The zero-order chi connectivity index (χ0) is 12.9. The molecule has 102 valence electrons. The first-order valence-corrected chi connectivity index (χ1v) is 7.45. The fourth-order valence-corrected chi connectivity index (χ4v) is 2.75. The Kier molecular flexibility index (Phi) is 5.94. The van der Waals surface area contributed by atoms with Gasteiger partial charge in [-0.1, -0.05) is 26.7 Å². The van der Waals surface area contributed by atoms with Crippen molar-refractivity contribution in [2.24, 2.45) is 11.7 Å². The van der Waals surface area contributed by atoms with Crippen LogP contribution in [0.2, 0.25) is 0 Å². The van der Waals surface area contributed by atoms with Gasteiger partial charge >= 0.3 is 0 Å². The van der Waals surface area contributed by atoms with Gasteiger partial charge in [-0.2, -0.15) is 0 Å². The van der Waals surface area contributed by atoms with Crippen LogP contribution in [0, 0.1) is 5.92 Å². The van der Waals surface area contributed by atoms with Crippen molar-refractivity contribution < 1.29 is 0 Å². The largest absolute Gasteiger partial charge is 0.326 e. The standard InChI is InChI=1S/C15H32N2/c1-13(2)9-10-14(16)15(3,4)17-11-7-5-6-8-12-17/h13-14H,5-12,16H2,1-4H3. The lowest BCUT2D eigenvalue weighted by Gasteiger charge is -2.42. The van der Waals surface area contributed by atoms with Crippen molar-refractivity contribution in [1.82, 2.24) is 4.90 Å². The van der Waals surface area contributed by atoms with Crippen LogP contribution >= 0.6 is 0 Å². The smallest absolute Gasteiger partial charge is 0.0304 e. The van der Waals surface area contributed by atoms with Gasteiger partial charge in [-0.05, 0) is 58.5 Å². The van der Waals surface area contributed by atoms with E-state index in [-0.39, 0.29) is 5.54 Å². The summed E-state index contributed by atoms with van der Waals surface area (Å²) in [6.45, 7) is 11.7. The number of hydrogen-bond donors (Lipinski definition) is 1. The maximum atomic E-state index is 6.44. The number of nitrogens with two attached hydrogens (primary N) is 1. The third-order valence-corrected chi connectivity index (χ3v) is 4.38. The lowest BCUT2D eigenvalue weighted by atomic mass is 9.87. The molecule has 1 unspecified atom stereocenters. The molecule has 1 saturated heterocycles. The average Bonchev–Trinajstić information content (AvgIpc) is 2.54. The Balaban J connectivity index is 2.51. The Morgan fingerprint density at radius 2 is 1.53 bits per heavy atom. The molecular formula is C15H32N2. The van der Waals surface area contributed by atoms with Crippen LogP contribution < -0.4 is 5.73 Å². The van der Waals surface area contributed by atoms with Crippen LogP contribution in [0.4, 0.5) is 0 Å². The maximum Gasteiger partial charge on any atom is 0.0304 e. The first kappa shape index (κ1) is 15.0. The molecule has 0 aromatic heterocycles. The molecule has 2 heteroatoms. The molecule has 1 fully saturated rings. The van der Waals surface area contributed by atoms with Crippen molar-refractivity contribution in [3.05, 3.63) is 0 Å². The number of hydrogen-bond acceptors (Lipinski definition) is 2.